The van der Waals surface area contributed by atoms with E-state index in [9.17, 15) is 9.59 Å². The summed E-state index contributed by atoms with van der Waals surface area (Å²) in [4.78, 5) is 23.0. The van der Waals surface area contributed by atoms with Gasteiger partial charge in [0.15, 0.2) is 6.61 Å². The first-order valence-corrected chi connectivity index (χ1v) is 7.30. The molecule has 1 aromatic rings. The van der Waals surface area contributed by atoms with Gasteiger partial charge in [0.25, 0.3) is 5.91 Å². The van der Waals surface area contributed by atoms with Gasteiger partial charge in [-0.15, -0.1) is 0 Å². The van der Waals surface area contributed by atoms with Crippen molar-refractivity contribution in [1.29, 1.82) is 0 Å². The van der Waals surface area contributed by atoms with E-state index < -0.39 is 0 Å². The van der Waals surface area contributed by atoms with Crippen LogP contribution in [0.15, 0.2) is 24.3 Å². The first kappa shape index (κ1) is 17.0. The molecule has 5 nitrogen and oxygen atoms in total. The predicted molar refractivity (Wildman–Crippen MR) is 83.3 cm³/mol. The SMILES string of the molecule is CCNC(=O)COc1ccc(NC(=O)CCC(C)C)cc1. The van der Waals surface area contributed by atoms with Crippen LogP contribution in [0, 0.1) is 5.92 Å². The lowest BCUT2D eigenvalue weighted by Crippen LogP contribution is -2.28. The number of amides is 2. The third-order valence-electron chi connectivity index (χ3n) is 2.83. The van der Waals surface area contributed by atoms with Gasteiger partial charge in [0.1, 0.15) is 5.75 Å². The lowest BCUT2D eigenvalue weighted by atomic mass is 10.1. The average molecular weight is 292 g/mol. The van der Waals surface area contributed by atoms with E-state index in [4.69, 9.17) is 4.74 Å². The third kappa shape index (κ3) is 7.34. The summed E-state index contributed by atoms with van der Waals surface area (Å²) in [5, 5.41) is 5.49. The third-order valence-corrected chi connectivity index (χ3v) is 2.83. The monoisotopic (exact) mass is 292 g/mol. The Morgan fingerprint density at radius 3 is 2.38 bits per heavy atom. The van der Waals surface area contributed by atoms with Crippen molar-refractivity contribution >= 4 is 17.5 Å². The molecule has 21 heavy (non-hydrogen) atoms. The molecule has 0 unspecified atom stereocenters. The molecule has 0 aliphatic carbocycles. The highest BCUT2D eigenvalue weighted by atomic mass is 16.5. The number of carbonyl (C=O) groups is 2. The number of rotatable bonds is 8. The van der Waals surface area contributed by atoms with Crippen LogP contribution in [-0.4, -0.2) is 25.0 Å². The number of hydrogen-bond donors (Lipinski definition) is 2. The molecule has 0 radical (unpaired) electrons. The van der Waals surface area contributed by atoms with Crippen LogP contribution in [0.3, 0.4) is 0 Å². The Morgan fingerprint density at radius 2 is 1.81 bits per heavy atom. The van der Waals surface area contributed by atoms with Gasteiger partial charge in [0.2, 0.25) is 5.91 Å². The maximum absolute atomic E-state index is 11.7. The number of carbonyl (C=O) groups excluding carboxylic acids is 2. The van der Waals surface area contributed by atoms with E-state index in [0.29, 0.717) is 24.6 Å². The Hall–Kier alpha value is -2.04. The normalized spacial score (nSPS) is 10.3. The minimum Gasteiger partial charge on any atom is -0.484 e. The molecule has 0 saturated heterocycles. The molecular weight excluding hydrogens is 268 g/mol. The lowest BCUT2D eigenvalue weighted by Gasteiger charge is -2.09. The molecule has 0 spiro atoms. The van der Waals surface area contributed by atoms with Gasteiger partial charge in [-0.2, -0.15) is 0 Å². The molecule has 0 atom stereocenters. The van der Waals surface area contributed by atoms with Crippen molar-refractivity contribution in [1.82, 2.24) is 5.32 Å². The van der Waals surface area contributed by atoms with Crippen molar-refractivity contribution in [3.05, 3.63) is 24.3 Å². The van der Waals surface area contributed by atoms with Gasteiger partial charge >= 0.3 is 0 Å². The van der Waals surface area contributed by atoms with E-state index in [0.717, 1.165) is 12.1 Å². The van der Waals surface area contributed by atoms with Crippen LogP contribution < -0.4 is 15.4 Å². The van der Waals surface area contributed by atoms with Gasteiger partial charge in [-0.3, -0.25) is 9.59 Å². The molecule has 0 aliphatic rings. The van der Waals surface area contributed by atoms with Crippen molar-refractivity contribution in [2.24, 2.45) is 5.92 Å². The molecule has 1 rings (SSSR count). The fourth-order valence-electron chi connectivity index (χ4n) is 1.67. The smallest absolute Gasteiger partial charge is 0.257 e. The minimum atomic E-state index is -0.149. The van der Waals surface area contributed by atoms with Crippen LogP contribution in [0.25, 0.3) is 0 Å². The van der Waals surface area contributed by atoms with Gasteiger partial charge in [-0.1, -0.05) is 13.8 Å². The highest BCUT2D eigenvalue weighted by Crippen LogP contribution is 2.16. The van der Waals surface area contributed by atoms with Crippen molar-refractivity contribution in [3.63, 3.8) is 0 Å². The quantitative estimate of drug-likeness (QED) is 0.774. The Bertz CT molecular complexity index is 455. The maximum atomic E-state index is 11.7. The van der Waals surface area contributed by atoms with Crippen LogP contribution in [0.1, 0.15) is 33.6 Å². The molecular formula is C16H24N2O3. The molecule has 1 aromatic carbocycles. The number of anilines is 1. The second-order valence-electron chi connectivity index (χ2n) is 5.25. The fourth-order valence-corrected chi connectivity index (χ4v) is 1.67. The van der Waals surface area contributed by atoms with Crippen molar-refractivity contribution in [2.75, 3.05) is 18.5 Å². The number of hydrogen-bond acceptors (Lipinski definition) is 3. The van der Waals surface area contributed by atoms with E-state index >= 15 is 0 Å². The molecule has 0 heterocycles. The van der Waals surface area contributed by atoms with Gasteiger partial charge in [0.05, 0.1) is 0 Å². The lowest BCUT2D eigenvalue weighted by molar-refractivity contribution is -0.123. The highest BCUT2D eigenvalue weighted by Gasteiger charge is 2.05. The molecule has 116 valence electrons. The second kappa shape index (κ2) is 9.00. The van der Waals surface area contributed by atoms with Gasteiger partial charge in [-0.25, -0.2) is 0 Å². The Morgan fingerprint density at radius 1 is 1.14 bits per heavy atom. The van der Waals surface area contributed by atoms with Crippen LogP contribution >= 0.6 is 0 Å². The summed E-state index contributed by atoms with van der Waals surface area (Å²) >= 11 is 0. The van der Waals surface area contributed by atoms with E-state index in [1.807, 2.05) is 6.92 Å². The standard InChI is InChI=1S/C16H24N2O3/c1-4-17-16(20)11-21-14-8-6-13(7-9-14)18-15(19)10-5-12(2)3/h6-9,12H,4-5,10-11H2,1-3H3,(H,17,20)(H,18,19). The first-order chi connectivity index (χ1) is 10.0. The maximum Gasteiger partial charge on any atom is 0.257 e. The molecule has 0 fully saturated rings. The predicted octanol–water partition coefficient (Wildman–Crippen LogP) is 2.58. The van der Waals surface area contributed by atoms with Crippen LogP contribution in [0.5, 0.6) is 5.75 Å². The van der Waals surface area contributed by atoms with E-state index in [1.54, 1.807) is 24.3 Å². The first-order valence-electron chi connectivity index (χ1n) is 7.30. The highest BCUT2D eigenvalue weighted by molar-refractivity contribution is 5.90. The zero-order chi connectivity index (χ0) is 15.7. The number of benzene rings is 1. The van der Waals surface area contributed by atoms with Crippen molar-refractivity contribution < 1.29 is 14.3 Å². The van der Waals surface area contributed by atoms with E-state index in [2.05, 4.69) is 24.5 Å². The van der Waals surface area contributed by atoms with Crippen LogP contribution in [-0.2, 0) is 9.59 Å². The molecule has 5 heteroatoms. The largest absolute Gasteiger partial charge is 0.484 e. The molecule has 0 bridgehead atoms. The number of nitrogens with one attached hydrogen (secondary N) is 2. The molecule has 2 N–H and O–H groups in total. The van der Waals surface area contributed by atoms with Crippen LogP contribution in [0.2, 0.25) is 0 Å². The van der Waals surface area contributed by atoms with Crippen LogP contribution in [0.4, 0.5) is 5.69 Å². The van der Waals surface area contributed by atoms with Crippen molar-refractivity contribution in [2.45, 2.75) is 33.6 Å². The van der Waals surface area contributed by atoms with Gasteiger partial charge in [-0.05, 0) is 43.5 Å². The Labute approximate surface area is 126 Å². The summed E-state index contributed by atoms with van der Waals surface area (Å²) in [5.74, 6) is 0.977. The topological polar surface area (TPSA) is 67.4 Å². The summed E-state index contributed by atoms with van der Waals surface area (Å²) in [5.41, 5.74) is 0.731. The fraction of sp³-hybridized carbons (Fsp3) is 0.500. The average Bonchev–Trinajstić information content (AvgIpc) is 2.45. The number of ether oxygens (including phenoxy) is 1. The minimum absolute atomic E-state index is 0.00602. The van der Waals surface area contributed by atoms with E-state index in [-0.39, 0.29) is 18.4 Å². The number of likely N-dealkylation sites (N-methyl/N-ethyl adjacent to an activating group) is 1. The molecule has 0 aliphatic heterocycles. The molecule has 0 saturated carbocycles. The molecule has 2 amide bonds. The summed E-state index contributed by atoms with van der Waals surface area (Å²) in [6.07, 6.45) is 1.40. The van der Waals surface area contributed by atoms with Gasteiger partial charge < -0.3 is 15.4 Å². The Kier molecular flexibility index (Phi) is 7.29. The summed E-state index contributed by atoms with van der Waals surface area (Å²) in [7, 11) is 0. The zero-order valence-electron chi connectivity index (χ0n) is 12.9. The summed E-state index contributed by atoms with van der Waals surface area (Å²) < 4.78 is 5.33. The molecule has 0 aromatic heterocycles. The van der Waals surface area contributed by atoms with E-state index in [1.165, 1.54) is 0 Å². The van der Waals surface area contributed by atoms with Gasteiger partial charge in [0, 0.05) is 18.7 Å². The summed E-state index contributed by atoms with van der Waals surface area (Å²) in [6.45, 7) is 6.62. The zero-order valence-corrected chi connectivity index (χ0v) is 12.9. The van der Waals surface area contributed by atoms with Crippen molar-refractivity contribution in [3.8, 4) is 5.75 Å². The second-order valence-corrected chi connectivity index (χ2v) is 5.25. The Balaban J connectivity index is 2.39. The summed E-state index contributed by atoms with van der Waals surface area (Å²) in [6, 6.07) is 7.00.